The topological polar surface area (TPSA) is 41.9 Å². The van der Waals surface area contributed by atoms with Gasteiger partial charge < -0.3 is 9.74 Å². The second-order valence-corrected chi connectivity index (χ2v) is 5.00. The molecule has 1 aromatic rings. The van der Waals surface area contributed by atoms with Gasteiger partial charge >= 0.3 is 0 Å². The van der Waals surface area contributed by atoms with E-state index < -0.39 is 0 Å². The van der Waals surface area contributed by atoms with Crippen LogP contribution in [0.2, 0.25) is 0 Å². The van der Waals surface area contributed by atoms with Gasteiger partial charge in [-0.3, -0.25) is 4.79 Å². The number of nitrogens with zero attached hydrogens (tertiary/aromatic N) is 2. The first-order chi connectivity index (χ1) is 8.08. The largest absolute Gasteiger partial charge is 0.386 e. The van der Waals surface area contributed by atoms with Crippen molar-refractivity contribution < 1.29 is 9.63 Å². The fourth-order valence-electron chi connectivity index (χ4n) is 1.63. The Balaban J connectivity index is 2.11. The Morgan fingerprint density at radius 1 is 1.41 bits per heavy atom. The van der Waals surface area contributed by atoms with E-state index in [-0.39, 0.29) is 12.0 Å². The standard InChI is InChI=1S/C12H13BrN2O2/c1-15(2)12(16)9-5-3-8(4-6-9)10-7-11(13)14-17-10/h3-6,10H,7H2,1-2H3/t10-/m0/s1. The van der Waals surface area contributed by atoms with Gasteiger partial charge in [-0.15, -0.1) is 0 Å². The average molecular weight is 297 g/mol. The Labute approximate surface area is 108 Å². The van der Waals surface area contributed by atoms with Crippen LogP contribution in [0.4, 0.5) is 0 Å². The molecular weight excluding hydrogens is 284 g/mol. The predicted octanol–water partition coefficient (Wildman–Crippen LogP) is 2.56. The third-order valence-electron chi connectivity index (χ3n) is 2.57. The maximum absolute atomic E-state index is 11.7. The van der Waals surface area contributed by atoms with E-state index in [1.54, 1.807) is 19.0 Å². The van der Waals surface area contributed by atoms with Gasteiger partial charge in [-0.25, -0.2) is 0 Å². The van der Waals surface area contributed by atoms with Crippen LogP contribution in [0, 0.1) is 0 Å². The Kier molecular flexibility index (Phi) is 3.47. The van der Waals surface area contributed by atoms with Gasteiger partial charge in [-0.1, -0.05) is 17.3 Å². The van der Waals surface area contributed by atoms with Crippen LogP contribution in [0.5, 0.6) is 0 Å². The zero-order valence-electron chi connectivity index (χ0n) is 9.68. The number of hydrogen-bond donors (Lipinski definition) is 0. The third-order valence-corrected chi connectivity index (χ3v) is 3.04. The SMILES string of the molecule is CN(C)C(=O)c1ccc([C@@H]2CC(Br)=NO2)cc1. The molecule has 0 fully saturated rings. The summed E-state index contributed by atoms with van der Waals surface area (Å²) in [5.41, 5.74) is 1.70. The predicted molar refractivity (Wildman–Crippen MR) is 69.3 cm³/mol. The molecule has 4 nitrogen and oxygen atoms in total. The molecule has 0 aromatic heterocycles. The molecule has 2 rings (SSSR count). The van der Waals surface area contributed by atoms with Gasteiger partial charge in [0.1, 0.15) is 4.62 Å². The molecule has 1 aliphatic heterocycles. The van der Waals surface area contributed by atoms with E-state index in [0.717, 1.165) is 16.6 Å². The van der Waals surface area contributed by atoms with Crippen LogP contribution in [0.25, 0.3) is 0 Å². The Hall–Kier alpha value is -1.36. The zero-order valence-corrected chi connectivity index (χ0v) is 11.3. The molecule has 90 valence electrons. The first-order valence-corrected chi connectivity index (χ1v) is 6.07. The second-order valence-electron chi connectivity index (χ2n) is 4.09. The van der Waals surface area contributed by atoms with Crippen molar-refractivity contribution in [2.24, 2.45) is 5.16 Å². The van der Waals surface area contributed by atoms with Gasteiger partial charge in [0.15, 0.2) is 6.10 Å². The highest BCUT2D eigenvalue weighted by Crippen LogP contribution is 2.29. The van der Waals surface area contributed by atoms with E-state index in [1.165, 1.54) is 0 Å². The van der Waals surface area contributed by atoms with Crippen LogP contribution in [0.1, 0.15) is 28.4 Å². The van der Waals surface area contributed by atoms with Crippen LogP contribution < -0.4 is 0 Å². The third kappa shape index (κ3) is 2.66. The Bertz CT molecular complexity index is 454. The quantitative estimate of drug-likeness (QED) is 0.842. The average Bonchev–Trinajstić information content (AvgIpc) is 2.75. The Morgan fingerprint density at radius 3 is 2.53 bits per heavy atom. The molecule has 1 aliphatic rings. The number of hydrogen-bond acceptors (Lipinski definition) is 3. The van der Waals surface area contributed by atoms with Crippen molar-refractivity contribution in [3.05, 3.63) is 35.4 Å². The fourth-order valence-corrected chi connectivity index (χ4v) is 2.00. The number of carbonyl (C=O) groups excluding carboxylic acids is 1. The first-order valence-electron chi connectivity index (χ1n) is 5.27. The molecule has 1 atom stereocenters. The van der Waals surface area contributed by atoms with Crippen molar-refractivity contribution in [1.29, 1.82) is 0 Å². The second kappa shape index (κ2) is 4.87. The molecule has 0 unspecified atom stereocenters. The summed E-state index contributed by atoms with van der Waals surface area (Å²) in [6, 6.07) is 7.44. The number of halogens is 1. The Morgan fingerprint density at radius 2 is 2.06 bits per heavy atom. The lowest BCUT2D eigenvalue weighted by molar-refractivity contribution is 0.0823. The number of rotatable bonds is 2. The number of carbonyl (C=O) groups is 1. The summed E-state index contributed by atoms with van der Waals surface area (Å²) in [5, 5.41) is 3.84. The van der Waals surface area contributed by atoms with E-state index in [9.17, 15) is 4.79 Å². The summed E-state index contributed by atoms with van der Waals surface area (Å²) in [5.74, 6) is 0.00122. The molecule has 0 spiro atoms. The molecule has 0 bridgehead atoms. The van der Waals surface area contributed by atoms with Gasteiger partial charge in [0.25, 0.3) is 5.91 Å². The summed E-state index contributed by atoms with van der Waals surface area (Å²) in [6.07, 6.45) is 0.689. The molecule has 0 saturated heterocycles. The van der Waals surface area contributed by atoms with E-state index in [2.05, 4.69) is 21.1 Å². The molecule has 1 aromatic carbocycles. The van der Waals surface area contributed by atoms with Gasteiger partial charge in [0.2, 0.25) is 0 Å². The highest BCUT2D eigenvalue weighted by Gasteiger charge is 2.21. The molecule has 5 heteroatoms. The van der Waals surface area contributed by atoms with Gasteiger partial charge in [0, 0.05) is 26.1 Å². The van der Waals surface area contributed by atoms with Crippen LogP contribution in [-0.4, -0.2) is 29.5 Å². The number of benzene rings is 1. The normalized spacial score (nSPS) is 18.5. The molecule has 0 radical (unpaired) electrons. The smallest absolute Gasteiger partial charge is 0.253 e. The van der Waals surface area contributed by atoms with Crippen LogP contribution in [-0.2, 0) is 4.84 Å². The highest BCUT2D eigenvalue weighted by molar-refractivity contribution is 9.18. The zero-order chi connectivity index (χ0) is 12.4. The molecule has 0 N–H and O–H groups in total. The van der Waals surface area contributed by atoms with Crippen LogP contribution in [0.15, 0.2) is 29.4 Å². The number of oxime groups is 1. The van der Waals surface area contributed by atoms with Crippen molar-refractivity contribution in [3.8, 4) is 0 Å². The summed E-state index contributed by atoms with van der Waals surface area (Å²) in [7, 11) is 3.47. The molecule has 0 saturated carbocycles. The maximum Gasteiger partial charge on any atom is 0.253 e. The molecule has 0 aliphatic carbocycles. The monoisotopic (exact) mass is 296 g/mol. The number of amides is 1. The molecule has 1 heterocycles. The summed E-state index contributed by atoms with van der Waals surface area (Å²) in [4.78, 5) is 18.5. The van der Waals surface area contributed by atoms with Gasteiger partial charge in [0.05, 0.1) is 0 Å². The maximum atomic E-state index is 11.7. The van der Waals surface area contributed by atoms with Crippen molar-refractivity contribution in [2.45, 2.75) is 12.5 Å². The minimum absolute atomic E-state index is 0.00122. The van der Waals surface area contributed by atoms with Gasteiger partial charge in [-0.05, 0) is 33.6 Å². The van der Waals surface area contributed by atoms with E-state index in [4.69, 9.17) is 4.84 Å². The first kappa shape index (κ1) is 12.1. The van der Waals surface area contributed by atoms with Crippen molar-refractivity contribution in [2.75, 3.05) is 14.1 Å². The lowest BCUT2D eigenvalue weighted by Crippen LogP contribution is -2.21. The highest BCUT2D eigenvalue weighted by atomic mass is 79.9. The van der Waals surface area contributed by atoms with Crippen molar-refractivity contribution >= 4 is 26.5 Å². The van der Waals surface area contributed by atoms with Crippen LogP contribution >= 0.6 is 15.9 Å². The van der Waals surface area contributed by atoms with E-state index >= 15 is 0 Å². The van der Waals surface area contributed by atoms with Crippen LogP contribution in [0.3, 0.4) is 0 Å². The molecule has 1 amide bonds. The summed E-state index contributed by atoms with van der Waals surface area (Å²) >= 11 is 3.30. The lowest BCUT2D eigenvalue weighted by atomic mass is 10.0. The van der Waals surface area contributed by atoms with E-state index in [0.29, 0.717) is 5.56 Å². The fraction of sp³-hybridized carbons (Fsp3) is 0.333. The summed E-state index contributed by atoms with van der Waals surface area (Å²) in [6.45, 7) is 0. The molecule has 17 heavy (non-hydrogen) atoms. The minimum Gasteiger partial charge on any atom is -0.386 e. The van der Waals surface area contributed by atoms with E-state index in [1.807, 2.05) is 24.3 Å². The summed E-state index contributed by atoms with van der Waals surface area (Å²) < 4.78 is 0.816. The minimum atomic E-state index is -0.0483. The van der Waals surface area contributed by atoms with Gasteiger partial charge in [-0.2, -0.15) is 0 Å². The van der Waals surface area contributed by atoms with Crippen molar-refractivity contribution in [1.82, 2.24) is 4.90 Å². The molecular formula is C12H13BrN2O2. The van der Waals surface area contributed by atoms with Crippen molar-refractivity contribution in [3.63, 3.8) is 0 Å². The lowest BCUT2D eigenvalue weighted by Gasteiger charge is -2.12.